The second kappa shape index (κ2) is 12.0. The van der Waals surface area contributed by atoms with E-state index in [1.165, 1.54) is 0 Å². The molecular formula is C20H32O5. The van der Waals surface area contributed by atoms with E-state index in [1.807, 2.05) is 37.3 Å². The first-order valence-electron chi connectivity index (χ1n) is 9.20. The lowest BCUT2D eigenvalue weighted by Gasteiger charge is -2.19. The van der Waals surface area contributed by atoms with Gasteiger partial charge >= 0.3 is 5.97 Å². The Morgan fingerprint density at radius 2 is 1.92 bits per heavy atom. The number of allylic oxidation sites excluding steroid dienone is 3. The highest BCUT2D eigenvalue weighted by Gasteiger charge is 2.39. The Hall–Kier alpha value is -1.43. The molecular weight excluding hydrogens is 320 g/mol. The van der Waals surface area contributed by atoms with E-state index in [9.17, 15) is 20.1 Å². The van der Waals surface area contributed by atoms with Gasteiger partial charge in [0.2, 0.25) is 0 Å². The Morgan fingerprint density at radius 3 is 2.60 bits per heavy atom. The van der Waals surface area contributed by atoms with Crippen LogP contribution in [0, 0.1) is 11.8 Å². The van der Waals surface area contributed by atoms with E-state index in [1.54, 1.807) is 6.08 Å². The summed E-state index contributed by atoms with van der Waals surface area (Å²) in [4.78, 5) is 10.5. The topological polar surface area (TPSA) is 98.0 Å². The molecule has 0 aromatic heterocycles. The standard InChI is InChI=1S/C20H32O5/c1-2-3-6-9-15(21)12-13-17-16(18(22)14-19(17)23)10-7-4-5-8-11-20(24)25/h3-4,6-7,12-13,15-19,21-23H,2,5,8-11,14H2,1H3,(H,24,25)/b6-3+,7-4?,13-12+/t15-,16+,17+,18-,19+/m0/s1. The van der Waals surface area contributed by atoms with Crippen LogP contribution in [-0.2, 0) is 4.79 Å². The predicted molar refractivity (Wildman–Crippen MR) is 98.0 cm³/mol. The smallest absolute Gasteiger partial charge is 0.303 e. The number of carbonyl (C=O) groups is 1. The van der Waals surface area contributed by atoms with E-state index in [4.69, 9.17) is 5.11 Å². The largest absolute Gasteiger partial charge is 0.481 e. The molecule has 0 radical (unpaired) electrons. The third kappa shape index (κ3) is 8.47. The van der Waals surface area contributed by atoms with Gasteiger partial charge in [-0.25, -0.2) is 0 Å². The summed E-state index contributed by atoms with van der Waals surface area (Å²) in [7, 11) is 0. The number of carboxylic acid groups (broad SMARTS) is 1. The molecule has 0 aromatic rings. The van der Waals surface area contributed by atoms with Gasteiger partial charge in [-0.3, -0.25) is 4.79 Å². The van der Waals surface area contributed by atoms with Crippen LogP contribution < -0.4 is 0 Å². The molecule has 0 spiro atoms. The van der Waals surface area contributed by atoms with Crippen LogP contribution in [-0.4, -0.2) is 44.7 Å². The molecule has 0 bridgehead atoms. The van der Waals surface area contributed by atoms with Crippen molar-refractivity contribution in [3.05, 3.63) is 36.5 Å². The summed E-state index contributed by atoms with van der Waals surface area (Å²) < 4.78 is 0. The molecule has 1 rings (SSSR count). The predicted octanol–water partition coefficient (Wildman–Crippen LogP) is 2.82. The van der Waals surface area contributed by atoms with E-state index < -0.39 is 24.3 Å². The first-order valence-corrected chi connectivity index (χ1v) is 9.20. The van der Waals surface area contributed by atoms with Crippen LogP contribution in [0.15, 0.2) is 36.5 Å². The van der Waals surface area contributed by atoms with Crippen molar-refractivity contribution in [1.29, 1.82) is 0 Å². The van der Waals surface area contributed by atoms with Gasteiger partial charge in [-0.05, 0) is 38.0 Å². The molecule has 0 unspecified atom stereocenters. The monoisotopic (exact) mass is 352 g/mol. The van der Waals surface area contributed by atoms with Crippen LogP contribution in [0.1, 0.15) is 51.9 Å². The van der Waals surface area contributed by atoms with Gasteiger partial charge in [0.05, 0.1) is 18.3 Å². The number of carboxylic acids is 1. The summed E-state index contributed by atoms with van der Waals surface area (Å²) in [6.45, 7) is 2.04. The summed E-state index contributed by atoms with van der Waals surface area (Å²) >= 11 is 0. The zero-order valence-electron chi connectivity index (χ0n) is 15.0. The van der Waals surface area contributed by atoms with Gasteiger partial charge in [0.15, 0.2) is 0 Å². The van der Waals surface area contributed by atoms with E-state index in [0.29, 0.717) is 32.1 Å². The quantitative estimate of drug-likeness (QED) is 0.339. The van der Waals surface area contributed by atoms with Gasteiger partial charge < -0.3 is 20.4 Å². The number of rotatable bonds is 11. The third-order valence-corrected chi connectivity index (χ3v) is 4.59. The van der Waals surface area contributed by atoms with Crippen molar-refractivity contribution in [2.45, 2.75) is 70.2 Å². The molecule has 0 amide bonds. The summed E-state index contributed by atoms with van der Waals surface area (Å²) in [5, 5.41) is 38.9. The number of hydrogen-bond acceptors (Lipinski definition) is 4. The Labute approximate surface area is 150 Å². The molecule has 0 aromatic carbocycles. The Balaban J connectivity index is 2.50. The Morgan fingerprint density at radius 1 is 1.16 bits per heavy atom. The van der Waals surface area contributed by atoms with Gasteiger partial charge in [-0.2, -0.15) is 0 Å². The Bertz CT molecular complexity index is 469. The fourth-order valence-electron chi connectivity index (χ4n) is 3.19. The highest BCUT2D eigenvalue weighted by atomic mass is 16.4. The van der Waals surface area contributed by atoms with E-state index in [0.717, 1.165) is 6.42 Å². The lowest BCUT2D eigenvalue weighted by atomic mass is 9.89. The SMILES string of the molecule is CC/C=C/C[C@H](O)/C=C/[C@@H]1[C@@H](CC=CCCCC(=O)O)[C@@H](O)C[C@H]1O. The van der Waals surface area contributed by atoms with Gasteiger partial charge in [0, 0.05) is 18.8 Å². The summed E-state index contributed by atoms with van der Waals surface area (Å²) in [6, 6.07) is 0. The first kappa shape index (κ1) is 21.6. The van der Waals surface area contributed by atoms with Crippen molar-refractivity contribution in [1.82, 2.24) is 0 Å². The Kier molecular flexibility index (Phi) is 10.4. The van der Waals surface area contributed by atoms with Crippen LogP contribution in [0.3, 0.4) is 0 Å². The van der Waals surface area contributed by atoms with E-state index >= 15 is 0 Å². The molecule has 5 atom stereocenters. The third-order valence-electron chi connectivity index (χ3n) is 4.59. The fraction of sp³-hybridized carbons (Fsp3) is 0.650. The molecule has 4 N–H and O–H groups in total. The van der Waals surface area contributed by atoms with Crippen LogP contribution in [0.4, 0.5) is 0 Å². The minimum absolute atomic E-state index is 0.0830. The van der Waals surface area contributed by atoms with Crippen molar-refractivity contribution >= 4 is 5.97 Å². The van der Waals surface area contributed by atoms with Crippen LogP contribution in [0.2, 0.25) is 0 Å². The lowest BCUT2D eigenvalue weighted by molar-refractivity contribution is -0.137. The lowest BCUT2D eigenvalue weighted by Crippen LogP contribution is -2.20. The van der Waals surface area contributed by atoms with Crippen molar-refractivity contribution in [3.8, 4) is 0 Å². The first-order chi connectivity index (χ1) is 12.0. The second-order valence-corrected chi connectivity index (χ2v) is 6.67. The minimum atomic E-state index is -0.791. The number of aliphatic hydroxyl groups is 3. The van der Waals surface area contributed by atoms with Gasteiger partial charge in [0.25, 0.3) is 0 Å². The number of aliphatic carboxylic acids is 1. The van der Waals surface area contributed by atoms with Crippen molar-refractivity contribution in [2.75, 3.05) is 0 Å². The van der Waals surface area contributed by atoms with Crippen molar-refractivity contribution in [2.24, 2.45) is 11.8 Å². The molecule has 0 heterocycles. The van der Waals surface area contributed by atoms with Crippen molar-refractivity contribution in [3.63, 3.8) is 0 Å². The average Bonchev–Trinajstić information content (AvgIpc) is 2.82. The average molecular weight is 352 g/mol. The molecule has 5 heteroatoms. The zero-order valence-corrected chi connectivity index (χ0v) is 15.0. The van der Waals surface area contributed by atoms with E-state index in [-0.39, 0.29) is 18.3 Å². The number of aliphatic hydroxyl groups excluding tert-OH is 3. The summed E-state index contributed by atoms with van der Waals surface area (Å²) in [6.07, 6.45) is 13.5. The maximum absolute atomic E-state index is 10.5. The minimum Gasteiger partial charge on any atom is -0.481 e. The molecule has 5 nitrogen and oxygen atoms in total. The molecule has 0 saturated heterocycles. The zero-order chi connectivity index (χ0) is 18.7. The molecule has 25 heavy (non-hydrogen) atoms. The fourth-order valence-corrected chi connectivity index (χ4v) is 3.19. The maximum Gasteiger partial charge on any atom is 0.303 e. The van der Waals surface area contributed by atoms with Gasteiger partial charge in [0.1, 0.15) is 0 Å². The maximum atomic E-state index is 10.5. The van der Waals surface area contributed by atoms with Gasteiger partial charge in [-0.15, -0.1) is 0 Å². The van der Waals surface area contributed by atoms with E-state index in [2.05, 4.69) is 0 Å². The summed E-state index contributed by atoms with van der Waals surface area (Å²) in [5.41, 5.74) is 0. The highest BCUT2D eigenvalue weighted by Crippen LogP contribution is 2.36. The highest BCUT2D eigenvalue weighted by molar-refractivity contribution is 5.66. The van der Waals surface area contributed by atoms with Crippen LogP contribution >= 0.6 is 0 Å². The van der Waals surface area contributed by atoms with Gasteiger partial charge in [-0.1, -0.05) is 43.4 Å². The normalized spacial score (nSPS) is 28.5. The summed E-state index contributed by atoms with van der Waals surface area (Å²) in [5.74, 6) is -1.05. The number of unbranched alkanes of at least 4 members (excludes halogenated alkanes) is 1. The van der Waals surface area contributed by atoms with Crippen LogP contribution in [0.25, 0.3) is 0 Å². The molecule has 1 fully saturated rings. The van der Waals surface area contributed by atoms with Crippen molar-refractivity contribution < 1.29 is 25.2 Å². The molecule has 142 valence electrons. The molecule has 1 saturated carbocycles. The molecule has 1 aliphatic carbocycles. The number of hydrogen-bond donors (Lipinski definition) is 4. The molecule has 0 aliphatic heterocycles. The second-order valence-electron chi connectivity index (χ2n) is 6.67. The molecule has 1 aliphatic rings. The van der Waals surface area contributed by atoms with Crippen LogP contribution in [0.5, 0.6) is 0 Å².